The van der Waals surface area contributed by atoms with Crippen LogP contribution in [0.2, 0.25) is 0 Å². The Kier molecular flexibility index (Phi) is 1.68. The predicted octanol–water partition coefficient (Wildman–Crippen LogP) is 0.373. The maximum atomic E-state index is 11.2. The molecular formula is C10H12N4O. The third-order valence-corrected chi connectivity index (χ3v) is 3.02. The lowest BCUT2D eigenvalue weighted by molar-refractivity contribution is -0.122. The highest BCUT2D eigenvalue weighted by Gasteiger charge is 2.49. The van der Waals surface area contributed by atoms with Crippen LogP contribution >= 0.6 is 0 Å². The van der Waals surface area contributed by atoms with Crippen molar-refractivity contribution in [3.63, 3.8) is 0 Å². The summed E-state index contributed by atoms with van der Waals surface area (Å²) in [6, 6.07) is 0. The molecule has 2 aliphatic rings. The van der Waals surface area contributed by atoms with Crippen LogP contribution in [0.3, 0.4) is 0 Å². The van der Waals surface area contributed by atoms with Gasteiger partial charge >= 0.3 is 0 Å². The zero-order chi connectivity index (χ0) is 10.4. The Morgan fingerprint density at radius 1 is 1.60 bits per heavy atom. The first-order valence-corrected chi connectivity index (χ1v) is 5.20. The van der Waals surface area contributed by atoms with E-state index in [0.717, 1.165) is 24.2 Å². The fraction of sp³-hybridized carbons (Fsp3) is 0.500. The van der Waals surface area contributed by atoms with Crippen molar-refractivity contribution in [3.05, 3.63) is 18.0 Å². The van der Waals surface area contributed by atoms with E-state index in [4.69, 9.17) is 0 Å². The molecule has 1 fully saturated rings. The quantitative estimate of drug-likeness (QED) is 0.756. The topological polar surface area (TPSA) is 59.3 Å². The summed E-state index contributed by atoms with van der Waals surface area (Å²) in [6.07, 6.45) is 4.73. The summed E-state index contributed by atoms with van der Waals surface area (Å²) in [5.74, 6) is 0.544. The summed E-state index contributed by atoms with van der Waals surface area (Å²) in [5.41, 5.74) is 4.58. The van der Waals surface area contributed by atoms with Gasteiger partial charge in [0.15, 0.2) is 0 Å². The summed E-state index contributed by atoms with van der Waals surface area (Å²) in [4.78, 5) is 11.2. The van der Waals surface area contributed by atoms with E-state index in [1.807, 2.05) is 24.0 Å². The van der Waals surface area contributed by atoms with E-state index in [2.05, 4.69) is 15.6 Å². The Hall–Kier alpha value is -1.65. The summed E-state index contributed by atoms with van der Waals surface area (Å²) < 4.78 is 1.87. The van der Waals surface area contributed by atoms with Crippen LogP contribution in [0.1, 0.15) is 18.9 Å². The highest BCUT2D eigenvalue weighted by Crippen LogP contribution is 2.43. The molecule has 5 heteroatoms. The van der Waals surface area contributed by atoms with E-state index >= 15 is 0 Å². The van der Waals surface area contributed by atoms with Gasteiger partial charge in [-0.1, -0.05) is 0 Å². The fourth-order valence-electron chi connectivity index (χ4n) is 2.02. The second kappa shape index (κ2) is 2.92. The number of hydrazone groups is 1. The number of amides is 1. The lowest BCUT2D eigenvalue weighted by atomic mass is 10.1. The van der Waals surface area contributed by atoms with Crippen LogP contribution in [0.25, 0.3) is 0 Å². The smallest absolute Gasteiger partial charge is 0.243 e. The number of nitrogens with one attached hydrogen (secondary N) is 1. The molecule has 15 heavy (non-hydrogen) atoms. The second-order valence-corrected chi connectivity index (χ2v) is 4.01. The van der Waals surface area contributed by atoms with Gasteiger partial charge in [-0.15, -0.1) is 0 Å². The van der Waals surface area contributed by atoms with E-state index in [1.165, 1.54) is 0 Å². The van der Waals surface area contributed by atoms with E-state index in [1.54, 1.807) is 0 Å². The van der Waals surface area contributed by atoms with E-state index in [-0.39, 0.29) is 11.8 Å². The lowest BCUT2D eigenvalue weighted by Gasteiger charge is -2.09. The summed E-state index contributed by atoms with van der Waals surface area (Å²) in [7, 11) is 0. The van der Waals surface area contributed by atoms with Crippen molar-refractivity contribution in [2.45, 2.75) is 19.9 Å². The van der Waals surface area contributed by atoms with Gasteiger partial charge in [0.05, 0.1) is 11.9 Å². The average molecular weight is 204 g/mol. The van der Waals surface area contributed by atoms with Gasteiger partial charge in [-0.3, -0.25) is 9.48 Å². The number of hydrogen-bond donors (Lipinski definition) is 1. The van der Waals surface area contributed by atoms with Crippen LogP contribution in [0.4, 0.5) is 0 Å². The van der Waals surface area contributed by atoms with Crippen molar-refractivity contribution in [2.24, 2.45) is 16.9 Å². The maximum absolute atomic E-state index is 11.2. The van der Waals surface area contributed by atoms with Crippen molar-refractivity contribution in [2.75, 3.05) is 0 Å². The molecular weight excluding hydrogens is 192 g/mol. The number of hydrogen-bond acceptors (Lipinski definition) is 3. The number of fused-ring (bicyclic) bond motifs is 1. The maximum Gasteiger partial charge on any atom is 0.243 e. The zero-order valence-corrected chi connectivity index (χ0v) is 8.47. The summed E-state index contributed by atoms with van der Waals surface area (Å²) in [5, 5.41) is 8.32. The van der Waals surface area contributed by atoms with Crippen molar-refractivity contribution >= 4 is 11.6 Å². The molecule has 2 heterocycles. The number of carbonyl (C=O) groups excluding carboxylic acids is 1. The second-order valence-electron chi connectivity index (χ2n) is 4.01. The van der Waals surface area contributed by atoms with Gasteiger partial charge in [0.2, 0.25) is 5.91 Å². The molecule has 0 radical (unpaired) electrons. The van der Waals surface area contributed by atoms with Gasteiger partial charge in [-0.2, -0.15) is 10.2 Å². The molecule has 0 saturated heterocycles. The summed E-state index contributed by atoms with van der Waals surface area (Å²) >= 11 is 0. The molecule has 0 unspecified atom stereocenters. The number of aromatic nitrogens is 2. The minimum Gasteiger partial charge on any atom is -0.273 e. The number of aryl methyl sites for hydroxylation is 1. The molecule has 0 bridgehead atoms. The third kappa shape index (κ3) is 1.26. The van der Waals surface area contributed by atoms with Crippen LogP contribution in [-0.2, 0) is 11.3 Å². The van der Waals surface area contributed by atoms with Crippen molar-refractivity contribution in [1.29, 1.82) is 0 Å². The fourth-order valence-corrected chi connectivity index (χ4v) is 2.02. The van der Waals surface area contributed by atoms with E-state index in [9.17, 15) is 4.79 Å². The van der Waals surface area contributed by atoms with Gasteiger partial charge in [-0.25, -0.2) is 5.43 Å². The Morgan fingerprint density at radius 2 is 2.47 bits per heavy atom. The Morgan fingerprint density at radius 3 is 3.20 bits per heavy atom. The predicted molar refractivity (Wildman–Crippen MR) is 54.2 cm³/mol. The Balaban J connectivity index is 1.91. The van der Waals surface area contributed by atoms with Gasteiger partial charge < -0.3 is 0 Å². The molecule has 1 saturated carbocycles. The van der Waals surface area contributed by atoms with Crippen LogP contribution in [0, 0.1) is 11.8 Å². The molecule has 1 amide bonds. The minimum atomic E-state index is 0.0617. The monoisotopic (exact) mass is 204 g/mol. The minimum absolute atomic E-state index is 0.0617. The Bertz CT molecular complexity index is 448. The molecule has 0 aromatic carbocycles. The highest BCUT2D eigenvalue weighted by molar-refractivity contribution is 6.09. The molecule has 0 spiro atoms. The number of nitrogens with zero attached hydrogens (tertiary/aromatic N) is 3. The molecule has 1 aromatic heterocycles. The molecule has 3 rings (SSSR count). The first-order chi connectivity index (χ1) is 7.29. The van der Waals surface area contributed by atoms with Crippen LogP contribution in [0.15, 0.2) is 17.5 Å². The van der Waals surface area contributed by atoms with Crippen molar-refractivity contribution in [3.8, 4) is 0 Å². The van der Waals surface area contributed by atoms with Crippen LogP contribution in [0.5, 0.6) is 0 Å². The first kappa shape index (κ1) is 8.64. The van der Waals surface area contributed by atoms with Gasteiger partial charge in [0.1, 0.15) is 0 Å². The number of carbonyl (C=O) groups is 1. The standard InChI is InChI=1S/C10H12N4O/c1-2-14-5-6(4-11-14)9-7-3-8(7)10(15)13-12-9/h4-5,7-8H,2-3H2,1H3,(H,13,15)/t7-,8-/m0/s1. The largest absolute Gasteiger partial charge is 0.273 e. The molecule has 1 aromatic rings. The molecule has 2 atom stereocenters. The molecule has 78 valence electrons. The molecule has 1 aliphatic heterocycles. The average Bonchev–Trinajstić information content (AvgIpc) is 2.91. The third-order valence-electron chi connectivity index (χ3n) is 3.02. The molecule has 5 nitrogen and oxygen atoms in total. The SMILES string of the molecule is CCn1cc(C2=NNC(=O)[C@H]3C[C@H]23)cn1. The highest BCUT2D eigenvalue weighted by atomic mass is 16.2. The summed E-state index contributed by atoms with van der Waals surface area (Å²) in [6.45, 7) is 2.90. The normalized spacial score (nSPS) is 28.1. The number of rotatable bonds is 2. The van der Waals surface area contributed by atoms with Gasteiger partial charge in [0, 0.05) is 30.1 Å². The van der Waals surface area contributed by atoms with Crippen molar-refractivity contribution in [1.82, 2.24) is 15.2 Å². The molecule has 1 N–H and O–H groups in total. The van der Waals surface area contributed by atoms with Crippen LogP contribution < -0.4 is 5.43 Å². The zero-order valence-electron chi connectivity index (χ0n) is 8.47. The first-order valence-electron chi connectivity index (χ1n) is 5.20. The lowest BCUT2D eigenvalue weighted by Crippen LogP contribution is -2.28. The molecule has 1 aliphatic carbocycles. The van der Waals surface area contributed by atoms with Crippen molar-refractivity contribution < 1.29 is 4.79 Å². The van der Waals surface area contributed by atoms with Gasteiger partial charge in [-0.05, 0) is 13.3 Å². The van der Waals surface area contributed by atoms with E-state index in [0.29, 0.717) is 5.92 Å². The van der Waals surface area contributed by atoms with E-state index < -0.39 is 0 Å². The van der Waals surface area contributed by atoms with Gasteiger partial charge in [0.25, 0.3) is 0 Å². The van der Waals surface area contributed by atoms with Crippen LogP contribution in [-0.4, -0.2) is 21.4 Å². The Labute approximate surface area is 87.2 Å².